The first-order valence-electron chi connectivity index (χ1n) is 10.9. The molecule has 3 amide bonds. The maximum absolute atomic E-state index is 13.5. The second-order valence-corrected chi connectivity index (χ2v) is 8.37. The number of nitrogens with two attached hydrogens (primary N) is 1. The predicted molar refractivity (Wildman–Crippen MR) is 122 cm³/mol. The third-order valence-corrected chi connectivity index (χ3v) is 5.45. The lowest BCUT2D eigenvalue weighted by atomic mass is 9.92. The lowest BCUT2D eigenvalue weighted by Crippen LogP contribution is -2.43. The van der Waals surface area contributed by atoms with Gasteiger partial charge in [0.25, 0.3) is 5.91 Å². The summed E-state index contributed by atoms with van der Waals surface area (Å²) in [6.07, 6.45) is 1.98. The third-order valence-electron chi connectivity index (χ3n) is 5.45. The molecule has 9 heteroatoms. The molecule has 0 radical (unpaired) electrons. The summed E-state index contributed by atoms with van der Waals surface area (Å²) in [5.41, 5.74) is 6.86. The highest BCUT2D eigenvalue weighted by Gasteiger charge is 2.44. The molecule has 176 valence electrons. The van der Waals surface area contributed by atoms with E-state index in [0.717, 1.165) is 30.0 Å². The van der Waals surface area contributed by atoms with Gasteiger partial charge in [-0.25, -0.2) is 18.6 Å². The van der Waals surface area contributed by atoms with Gasteiger partial charge in [-0.15, -0.1) is 0 Å². The number of nitrogens with one attached hydrogen (secondary N) is 2. The van der Waals surface area contributed by atoms with E-state index in [9.17, 15) is 18.4 Å². The van der Waals surface area contributed by atoms with E-state index in [4.69, 9.17) is 5.73 Å². The number of unbranched alkanes of at least 4 members (excludes halogenated alkanes) is 1. The summed E-state index contributed by atoms with van der Waals surface area (Å²) < 4.78 is 27.1. The second-order valence-electron chi connectivity index (χ2n) is 8.37. The predicted octanol–water partition coefficient (Wildman–Crippen LogP) is 3.22. The molecule has 0 unspecified atom stereocenters. The van der Waals surface area contributed by atoms with Crippen molar-refractivity contribution in [1.29, 1.82) is 0 Å². The Morgan fingerprint density at radius 3 is 2.33 bits per heavy atom. The van der Waals surface area contributed by atoms with Crippen molar-refractivity contribution in [3.63, 3.8) is 0 Å². The Balaban J connectivity index is 1.59. The van der Waals surface area contributed by atoms with Crippen molar-refractivity contribution in [3.05, 3.63) is 70.8 Å². The van der Waals surface area contributed by atoms with Crippen LogP contribution in [0.4, 0.5) is 13.6 Å². The van der Waals surface area contributed by atoms with Gasteiger partial charge < -0.3 is 16.4 Å². The van der Waals surface area contributed by atoms with Crippen molar-refractivity contribution in [3.8, 4) is 0 Å². The Hall–Kier alpha value is -3.49. The zero-order valence-corrected chi connectivity index (χ0v) is 18.8. The average Bonchev–Trinajstić information content (AvgIpc) is 2.95. The Kier molecular flexibility index (Phi) is 7.63. The summed E-state index contributed by atoms with van der Waals surface area (Å²) in [6, 6.07) is 10.4. The molecule has 1 aliphatic heterocycles. The van der Waals surface area contributed by atoms with Crippen molar-refractivity contribution in [1.82, 2.24) is 15.5 Å². The number of carbonyl (C=O) groups excluding carboxylic acids is 2. The number of nitrogens with zero attached hydrogens (tertiary/aromatic N) is 2. The number of halogens is 2. The molecule has 1 heterocycles. The van der Waals surface area contributed by atoms with Crippen LogP contribution in [0.1, 0.15) is 43.4 Å². The summed E-state index contributed by atoms with van der Waals surface area (Å²) in [6.45, 7) is 4.90. The number of carbonyl (C=O) groups is 2. The minimum Gasteiger partial charge on any atom is -0.369 e. The summed E-state index contributed by atoms with van der Waals surface area (Å²) in [5.74, 6) is -1.69. The second kappa shape index (κ2) is 10.4. The van der Waals surface area contributed by atoms with Crippen molar-refractivity contribution in [2.75, 3.05) is 6.54 Å². The van der Waals surface area contributed by atoms with Gasteiger partial charge in [0.15, 0.2) is 5.96 Å². The van der Waals surface area contributed by atoms with Crippen LogP contribution < -0.4 is 16.4 Å². The van der Waals surface area contributed by atoms with E-state index in [2.05, 4.69) is 22.5 Å². The van der Waals surface area contributed by atoms with Gasteiger partial charge in [0.05, 0.1) is 6.54 Å². The first-order valence-corrected chi connectivity index (χ1v) is 10.9. The van der Waals surface area contributed by atoms with Crippen molar-refractivity contribution in [2.45, 2.75) is 51.7 Å². The van der Waals surface area contributed by atoms with Crippen molar-refractivity contribution >= 4 is 17.9 Å². The molecule has 0 saturated carbocycles. The number of amides is 3. The molecule has 3 rings (SSSR count). The molecule has 1 aliphatic rings. The number of urea groups is 1. The van der Waals surface area contributed by atoms with Crippen LogP contribution in [-0.4, -0.2) is 34.9 Å². The molecular formula is C24H29F2N5O2. The Bertz CT molecular complexity index is 1020. The fourth-order valence-corrected chi connectivity index (χ4v) is 3.70. The van der Waals surface area contributed by atoms with E-state index >= 15 is 0 Å². The minimum absolute atomic E-state index is 0.0304. The van der Waals surface area contributed by atoms with Gasteiger partial charge >= 0.3 is 6.03 Å². The lowest BCUT2D eigenvalue weighted by molar-refractivity contribution is -0.131. The average molecular weight is 458 g/mol. The van der Waals surface area contributed by atoms with Gasteiger partial charge in [0.2, 0.25) is 0 Å². The third kappa shape index (κ3) is 6.27. The fourth-order valence-electron chi connectivity index (χ4n) is 3.70. The highest BCUT2D eigenvalue weighted by molar-refractivity contribution is 6.06. The molecule has 0 aliphatic carbocycles. The van der Waals surface area contributed by atoms with E-state index in [-0.39, 0.29) is 30.9 Å². The molecule has 1 atom stereocenters. The highest BCUT2D eigenvalue weighted by atomic mass is 19.1. The first-order chi connectivity index (χ1) is 15.7. The van der Waals surface area contributed by atoms with Crippen LogP contribution >= 0.6 is 0 Å². The minimum atomic E-state index is -1.24. The molecule has 0 bridgehead atoms. The molecule has 0 aromatic heterocycles. The van der Waals surface area contributed by atoms with E-state index < -0.39 is 17.2 Å². The van der Waals surface area contributed by atoms with Crippen LogP contribution in [0, 0.1) is 11.6 Å². The van der Waals surface area contributed by atoms with Crippen molar-refractivity contribution in [2.24, 2.45) is 10.7 Å². The number of rotatable bonds is 9. The Labute approximate surface area is 192 Å². The number of benzene rings is 2. The fraction of sp³-hybridized carbons (Fsp3) is 0.375. The molecule has 7 nitrogen and oxygen atoms in total. The molecule has 4 N–H and O–H groups in total. The summed E-state index contributed by atoms with van der Waals surface area (Å²) >= 11 is 0. The lowest BCUT2D eigenvalue weighted by Gasteiger charge is -2.22. The van der Waals surface area contributed by atoms with Gasteiger partial charge in [0, 0.05) is 25.6 Å². The van der Waals surface area contributed by atoms with E-state index in [1.165, 1.54) is 17.0 Å². The zero-order chi connectivity index (χ0) is 24.0. The summed E-state index contributed by atoms with van der Waals surface area (Å²) in [4.78, 5) is 30.5. The zero-order valence-electron chi connectivity index (χ0n) is 18.8. The maximum Gasteiger partial charge on any atom is 0.315 e. The van der Waals surface area contributed by atoms with Crippen LogP contribution in [0.2, 0.25) is 0 Å². The quantitative estimate of drug-likeness (QED) is 0.504. The molecule has 33 heavy (non-hydrogen) atoms. The Morgan fingerprint density at radius 2 is 1.70 bits per heavy atom. The monoisotopic (exact) mass is 457 g/mol. The maximum atomic E-state index is 13.5. The largest absolute Gasteiger partial charge is 0.369 e. The summed E-state index contributed by atoms with van der Waals surface area (Å²) in [7, 11) is 0. The standard InChI is InChI=1S/C24H29F2N5O2/c1-3-4-9-28-23(33)29-14-16-5-7-17(8-6-16)15-31-21(32)24(2,30-22(31)27)13-18-10-19(25)12-20(26)11-18/h5-8,10-12H,3-4,9,13-15H2,1-2H3,(H2,27,30)(H2,28,29,33)/t24-/m1/s1. The molecule has 0 spiro atoms. The molecule has 0 saturated heterocycles. The molecular weight excluding hydrogens is 428 g/mol. The normalized spacial score (nSPS) is 17.8. The van der Waals surface area contributed by atoms with Gasteiger partial charge in [-0.1, -0.05) is 37.6 Å². The van der Waals surface area contributed by atoms with E-state index in [1.807, 2.05) is 24.3 Å². The molecule has 0 fully saturated rings. The van der Waals surface area contributed by atoms with Gasteiger partial charge in [-0.3, -0.25) is 9.69 Å². The van der Waals surface area contributed by atoms with E-state index in [1.54, 1.807) is 6.92 Å². The van der Waals surface area contributed by atoms with Gasteiger partial charge in [0.1, 0.15) is 17.2 Å². The van der Waals surface area contributed by atoms with Crippen LogP contribution in [0.25, 0.3) is 0 Å². The van der Waals surface area contributed by atoms with E-state index in [0.29, 0.717) is 18.7 Å². The van der Waals surface area contributed by atoms with Gasteiger partial charge in [-0.2, -0.15) is 0 Å². The first kappa shape index (κ1) is 24.2. The number of guanidine groups is 1. The number of hydrogen-bond donors (Lipinski definition) is 3. The van der Waals surface area contributed by atoms with Crippen LogP contribution in [-0.2, 0) is 24.3 Å². The van der Waals surface area contributed by atoms with Crippen LogP contribution in [0.5, 0.6) is 0 Å². The highest BCUT2D eigenvalue weighted by Crippen LogP contribution is 2.28. The SMILES string of the molecule is CCCCNC(=O)NCc1ccc(CN2C(=O)[C@@](C)(Cc3cc(F)cc(F)c3)N=C2N)cc1. The van der Waals surface area contributed by atoms with Gasteiger partial charge in [-0.05, 0) is 42.2 Å². The number of hydrogen-bond acceptors (Lipinski definition) is 4. The van der Waals surface area contributed by atoms with Crippen LogP contribution in [0.15, 0.2) is 47.5 Å². The Morgan fingerprint density at radius 1 is 1.06 bits per heavy atom. The van der Waals surface area contributed by atoms with Crippen molar-refractivity contribution < 1.29 is 18.4 Å². The smallest absolute Gasteiger partial charge is 0.315 e. The van der Waals surface area contributed by atoms with Crippen LogP contribution in [0.3, 0.4) is 0 Å². The molecule has 2 aromatic rings. The molecule has 2 aromatic carbocycles. The summed E-state index contributed by atoms with van der Waals surface area (Å²) in [5, 5.41) is 5.59. The topological polar surface area (TPSA) is 99.8 Å². The number of aliphatic imine (C=N–C) groups is 1.